The van der Waals surface area contributed by atoms with Crippen LogP contribution >= 0.6 is 0 Å². The number of fused-ring (bicyclic) bond motifs is 2. The molecule has 230 valence electrons. The molecule has 4 aromatic rings. The van der Waals surface area contributed by atoms with E-state index in [9.17, 15) is 56.2 Å². The van der Waals surface area contributed by atoms with Crippen molar-refractivity contribution in [2.45, 2.75) is 36.6 Å². The van der Waals surface area contributed by atoms with Gasteiger partial charge in [-0.15, -0.1) is 0 Å². The largest absolute Gasteiger partial charge is 0.508 e. The zero-order valence-electron chi connectivity index (χ0n) is 22.4. The Bertz CT molecular complexity index is 1770. The van der Waals surface area contributed by atoms with E-state index >= 15 is 0 Å². The first-order chi connectivity index (χ1) is 20.8. The Hall–Kier alpha value is -5.44. The number of aliphatic hydroxyl groups excluding tert-OH is 2. The van der Waals surface area contributed by atoms with Gasteiger partial charge in [-0.25, -0.2) is 0 Å². The Morgan fingerprint density at radius 3 is 1.95 bits per heavy atom. The molecule has 14 heteroatoms. The number of ether oxygens (including phenoxy) is 3. The van der Waals surface area contributed by atoms with Crippen molar-refractivity contribution in [3.63, 3.8) is 0 Å². The molecule has 5 atom stereocenters. The predicted octanol–water partition coefficient (Wildman–Crippen LogP) is 2.44. The van der Waals surface area contributed by atoms with E-state index in [2.05, 4.69) is 0 Å². The molecule has 2 aliphatic heterocycles. The van der Waals surface area contributed by atoms with Crippen LogP contribution in [-0.4, -0.2) is 68.4 Å². The summed E-state index contributed by atoms with van der Waals surface area (Å²) in [5.41, 5.74) is -0.328. The molecule has 2 aliphatic rings. The second-order valence-electron chi connectivity index (χ2n) is 10.5. The predicted molar refractivity (Wildman–Crippen MR) is 146 cm³/mol. The van der Waals surface area contributed by atoms with E-state index < -0.39 is 70.4 Å². The summed E-state index contributed by atoms with van der Waals surface area (Å²) in [5, 5.41) is 115. The molecule has 0 saturated carbocycles. The Kier molecular flexibility index (Phi) is 6.57. The molecule has 0 saturated heterocycles. The minimum Gasteiger partial charge on any atom is -0.508 e. The first-order valence-electron chi connectivity index (χ1n) is 13.1. The van der Waals surface area contributed by atoms with Crippen LogP contribution in [0.25, 0.3) is 0 Å². The topological polar surface area (TPSA) is 250 Å². The molecule has 0 fully saturated rings. The van der Waals surface area contributed by atoms with Crippen molar-refractivity contribution >= 4 is 0 Å². The Morgan fingerprint density at radius 2 is 1.30 bits per heavy atom. The minimum atomic E-state index is -2.59. The fourth-order valence-electron chi connectivity index (χ4n) is 5.54. The number of aromatic hydroxyl groups is 9. The fourth-order valence-corrected chi connectivity index (χ4v) is 5.54. The minimum absolute atomic E-state index is 0.0271. The van der Waals surface area contributed by atoms with Gasteiger partial charge in [-0.2, -0.15) is 0 Å². The molecule has 2 heterocycles. The highest BCUT2D eigenvalue weighted by molar-refractivity contribution is 5.57. The molecule has 0 amide bonds. The normalized spacial score (nSPS) is 24.0. The maximum absolute atomic E-state index is 11.6. The molecule has 11 N–H and O–H groups in total. The number of rotatable bonds is 4. The molecule has 4 aromatic carbocycles. The van der Waals surface area contributed by atoms with Crippen LogP contribution in [0.4, 0.5) is 0 Å². The number of hydrogen-bond acceptors (Lipinski definition) is 14. The van der Waals surface area contributed by atoms with Crippen LogP contribution < -0.4 is 9.47 Å². The van der Waals surface area contributed by atoms with E-state index in [1.807, 2.05) is 0 Å². The summed E-state index contributed by atoms with van der Waals surface area (Å²) in [5.74, 6) is -8.39. The SMILES string of the molecule is Oc1cc(O)c2c(c1)OC(c1ccc(O)c(O)c1)C(OC1(c3cc(O)c(O)c(O)c3)Oc3cc(O)cc(O)c3C(O)C1O)C2. The number of hydrogen-bond donors (Lipinski definition) is 11. The Morgan fingerprint density at radius 1 is 0.659 bits per heavy atom. The van der Waals surface area contributed by atoms with E-state index in [1.54, 1.807) is 0 Å². The number of phenols is 9. The maximum atomic E-state index is 11.6. The van der Waals surface area contributed by atoms with Crippen molar-refractivity contribution in [2.75, 3.05) is 0 Å². The molecule has 44 heavy (non-hydrogen) atoms. The molecule has 6 rings (SSSR count). The van der Waals surface area contributed by atoms with Gasteiger partial charge in [0, 0.05) is 41.8 Å². The molecule has 0 radical (unpaired) electrons. The summed E-state index contributed by atoms with van der Waals surface area (Å²) in [6.07, 6.45) is -6.89. The third-order valence-electron chi connectivity index (χ3n) is 7.64. The molecular formula is C30H26O14. The average Bonchev–Trinajstić information content (AvgIpc) is 2.95. The average molecular weight is 611 g/mol. The highest BCUT2D eigenvalue weighted by Crippen LogP contribution is 2.54. The van der Waals surface area contributed by atoms with Crippen molar-refractivity contribution in [1.29, 1.82) is 0 Å². The van der Waals surface area contributed by atoms with Gasteiger partial charge >= 0.3 is 0 Å². The summed E-state index contributed by atoms with van der Waals surface area (Å²) >= 11 is 0. The van der Waals surface area contributed by atoms with Crippen LogP contribution in [0.2, 0.25) is 0 Å². The van der Waals surface area contributed by atoms with Gasteiger partial charge in [-0.1, -0.05) is 6.07 Å². The maximum Gasteiger partial charge on any atom is 0.267 e. The first-order valence-corrected chi connectivity index (χ1v) is 13.1. The third-order valence-corrected chi connectivity index (χ3v) is 7.64. The molecule has 14 nitrogen and oxygen atoms in total. The van der Waals surface area contributed by atoms with Gasteiger partial charge in [0.15, 0.2) is 41.0 Å². The first kappa shape index (κ1) is 28.7. The Balaban J connectivity index is 1.56. The van der Waals surface area contributed by atoms with Crippen LogP contribution in [0.15, 0.2) is 54.6 Å². The van der Waals surface area contributed by atoms with Crippen LogP contribution in [0.5, 0.6) is 63.2 Å². The lowest BCUT2D eigenvalue weighted by atomic mass is 9.86. The number of aliphatic hydroxyl groups is 2. The van der Waals surface area contributed by atoms with E-state index in [4.69, 9.17) is 14.2 Å². The van der Waals surface area contributed by atoms with E-state index in [-0.39, 0.29) is 51.7 Å². The van der Waals surface area contributed by atoms with Crippen LogP contribution in [0.1, 0.15) is 34.5 Å². The van der Waals surface area contributed by atoms with Gasteiger partial charge in [-0.05, 0) is 29.8 Å². The highest BCUT2D eigenvalue weighted by Gasteiger charge is 2.56. The van der Waals surface area contributed by atoms with Crippen molar-refractivity contribution < 1.29 is 70.4 Å². The van der Waals surface area contributed by atoms with Gasteiger partial charge in [0.05, 0.1) is 5.56 Å². The van der Waals surface area contributed by atoms with Gasteiger partial charge in [0.25, 0.3) is 5.79 Å². The lowest BCUT2D eigenvalue weighted by Gasteiger charge is -2.47. The second-order valence-corrected chi connectivity index (χ2v) is 10.5. The number of phenolic OH excluding ortho intramolecular Hbond substituents is 9. The lowest BCUT2D eigenvalue weighted by molar-refractivity contribution is -0.307. The standard InChI is InChI=1S/C30H26O14/c31-13-6-17(34)15-10-24(28(42-22(15)8-13)11-1-2-16(33)18(35)3-11)44-30(12-4-20(37)26(39)21(38)5-12)29(41)27(40)25-19(36)7-14(32)9-23(25)43-30/h1-9,24,27-29,31-41H,10H2. The zero-order valence-corrected chi connectivity index (χ0v) is 22.4. The molecular weight excluding hydrogens is 584 g/mol. The third kappa shape index (κ3) is 4.48. The van der Waals surface area contributed by atoms with Crippen LogP contribution in [-0.2, 0) is 16.9 Å². The summed E-state index contributed by atoms with van der Waals surface area (Å²) in [6.45, 7) is 0. The summed E-state index contributed by atoms with van der Waals surface area (Å²) < 4.78 is 18.6. The van der Waals surface area contributed by atoms with Gasteiger partial charge < -0.3 is 70.4 Å². The van der Waals surface area contributed by atoms with E-state index in [0.717, 1.165) is 36.4 Å². The van der Waals surface area contributed by atoms with Crippen molar-refractivity contribution in [3.05, 3.63) is 76.9 Å². The summed E-state index contributed by atoms with van der Waals surface area (Å²) in [6, 6.07) is 9.67. The van der Waals surface area contributed by atoms with Gasteiger partial charge in [-0.3, -0.25) is 0 Å². The zero-order chi connectivity index (χ0) is 31.7. The van der Waals surface area contributed by atoms with Crippen LogP contribution in [0.3, 0.4) is 0 Å². The summed E-state index contributed by atoms with van der Waals surface area (Å²) in [7, 11) is 0. The van der Waals surface area contributed by atoms with Crippen LogP contribution in [0, 0.1) is 0 Å². The smallest absolute Gasteiger partial charge is 0.267 e. The Labute approximate surface area is 247 Å². The molecule has 0 aromatic heterocycles. The van der Waals surface area contributed by atoms with Crippen molar-refractivity contribution in [2.24, 2.45) is 0 Å². The quantitative estimate of drug-likeness (QED) is 0.149. The van der Waals surface area contributed by atoms with E-state index in [0.29, 0.717) is 0 Å². The summed E-state index contributed by atoms with van der Waals surface area (Å²) in [4.78, 5) is 0. The monoisotopic (exact) mass is 610 g/mol. The molecule has 0 bridgehead atoms. The van der Waals surface area contributed by atoms with Crippen molar-refractivity contribution in [3.8, 4) is 63.2 Å². The molecule has 5 unspecified atom stereocenters. The second kappa shape index (κ2) is 10.1. The van der Waals surface area contributed by atoms with Crippen molar-refractivity contribution in [1.82, 2.24) is 0 Å². The van der Waals surface area contributed by atoms with Gasteiger partial charge in [0.2, 0.25) is 0 Å². The highest BCUT2D eigenvalue weighted by atomic mass is 16.7. The molecule has 0 spiro atoms. The molecule has 0 aliphatic carbocycles. The lowest BCUT2D eigenvalue weighted by Crippen LogP contribution is -2.55. The van der Waals surface area contributed by atoms with E-state index in [1.165, 1.54) is 18.2 Å². The van der Waals surface area contributed by atoms with Gasteiger partial charge in [0.1, 0.15) is 46.7 Å². The number of benzene rings is 4. The fraction of sp³-hybridized carbons (Fsp3) is 0.200.